The van der Waals surface area contributed by atoms with Crippen LogP contribution in [0.2, 0.25) is 0 Å². The summed E-state index contributed by atoms with van der Waals surface area (Å²) in [6.07, 6.45) is 4.52. The summed E-state index contributed by atoms with van der Waals surface area (Å²) in [4.78, 5) is 4.74. The first-order chi connectivity index (χ1) is 4.97. The highest BCUT2D eigenvalue weighted by atomic mass is 16.6. The highest BCUT2D eigenvalue weighted by molar-refractivity contribution is 5.29. The summed E-state index contributed by atoms with van der Waals surface area (Å²) in [5, 5.41) is 2.09. The molecule has 1 aromatic carbocycles. The smallest absolute Gasteiger partial charge is 0.208 e. The number of hydrogen-bond donors (Lipinski definition) is 1. The summed E-state index contributed by atoms with van der Waals surface area (Å²) >= 11 is 0. The minimum Gasteiger partial charge on any atom is -0.378 e. The number of benzene rings is 1. The Hall–Kier alpha value is -1.44. The number of hydroxylamine groups is 1. The van der Waals surface area contributed by atoms with Crippen molar-refractivity contribution in [2.45, 2.75) is 0 Å². The molecule has 0 aromatic heterocycles. The van der Waals surface area contributed by atoms with Crippen LogP contribution in [0.5, 0.6) is 0 Å². The molecule has 0 bridgehead atoms. The van der Waals surface area contributed by atoms with Gasteiger partial charge in [-0.1, -0.05) is 24.3 Å². The van der Waals surface area contributed by atoms with Crippen molar-refractivity contribution in [1.82, 2.24) is 5.48 Å². The van der Waals surface area contributed by atoms with Gasteiger partial charge in [-0.05, 0) is 0 Å². The van der Waals surface area contributed by atoms with Gasteiger partial charge >= 0.3 is 0 Å². The van der Waals surface area contributed by atoms with Crippen molar-refractivity contribution in [1.29, 1.82) is 0 Å². The minimum absolute atomic E-state index is 0.987. The van der Waals surface area contributed by atoms with Crippen LogP contribution in [-0.2, 0) is 4.84 Å². The van der Waals surface area contributed by atoms with Gasteiger partial charge in [0.15, 0.2) is 0 Å². The molecule has 49 valence electrons. The molecule has 0 fully saturated rings. The van der Waals surface area contributed by atoms with Gasteiger partial charge in [0.25, 0.3) is 0 Å². The third kappa shape index (κ3) is 0.739. The molecule has 0 saturated heterocycles. The van der Waals surface area contributed by atoms with Crippen LogP contribution < -0.4 is 15.9 Å². The fraction of sp³-hybridized carbons (Fsp3) is 0. The van der Waals surface area contributed by atoms with Crippen molar-refractivity contribution in [3.05, 3.63) is 34.7 Å². The molecule has 0 amide bonds. The van der Waals surface area contributed by atoms with E-state index in [-0.39, 0.29) is 0 Å². The summed E-state index contributed by atoms with van der Waals surface area (Å²) < 4.78 is 0. The van der Waals surface area contributed by atoms with Gasteiger partial charge in [-0.25, -0.2) is 5.48 Å². The van der Waals surface area contributed by atoms with Crippen LogP contribution in [0, 0.1) is 0 Å². The summed E-state index contributed by atoms with van der Waals surface area (Å²) in [6.45, 7) is 0. The first kappa shape index (κ1) is 5.35. The summed E-state index contributed by atoms with van der Waals surface area (Å²) in [5.41, 5.74) is 2.60. The van der Waals surface area contributed by atoms with E-state index in [2.05, 4.69) is 11.7 Å². The lowest BCUT2D eigenvalue weighted by Crippen LogP contribution is -2.31. The SMILES string of the molecule is [C]1=c2ccccc2=CNO1. The van der Waals surface area contributed by atoms with E-state index in [0.29, 0.717) is 0 Å². The van der Waals surface area contributed by atoms with Crippen molar-refractivity contribution in [3.8, 4) is 0 Å². The second kappa shape index (κ2) is 2.06. The summed E-state index contributed by atoms with van der Waals surface area (Å²) in [5.74, 6) is 0. The zero-order valence-corrected chi connectivity index (χ0v) is 5.29. The Balaban J connectivity index is 2.84. The van der Waals surface area contributed by atoms with E-state index < -0.39 is 0 Å². The third-order valence-electron chi connectivity index (χ3n) is 1.40. The Kier molecular flexibility index (Phi) is 1.10. The maximum Gasteiger partial charge on any atom is 0.208 e. The molecule has 1 aliphatic heterocycles. The fourth-order valence-electron chi connectivity index (χ4n) is 0.893. The van der Waals surface area contributed by atoms with Gasteiger partial charge in [-0.2, -0.15) is 0 Å². The van der Waals surface area contributed by atoms with E-state index >= 15 is 0 Å². The Bertz CT molecular complexity index is 308. The molecular formula is C8H6NO. The van der Waals surface area contributed by atoms with Crippen LogP contribution in [0.25, 0.3) is 12.5 Å². The minimum atomic E-state index is 0.987. The predicted octanol–water partition coefficient (Wildman–Crippen LogP) is -0.426. The van der Waals surface area contributed by atoms with E-state index in [1.165, 1.54) is 0 Å². The van der Waals surface area contributed by atoms with Gasteiger partial charge in [0.1, 0.15) is 0 Å². The summed E-state index contributed by atoms with van der Waals surface area (Å²) in [7, 11) is 0. The van der Waals surface area contributed by atoms with Crippen molar-refractivity contribution >= 4 is 12.5 Å². The summed E-state index contributed by atoms with van der Waals surface area (Å²) in [6, 6.07) is 7.88. The normalized spacial score (nSPS) is 13.2. The monoisotopic (exact) mass is 132 g/mol. The maximum atomic E-state index is 4.74. The Morgan fingerprint density at radius 3 is 3.10 bits per heavy atom. The maximum absolute atomic E-state index is 4.74. The van der Waals surface area contributed by atoms with Crippen molar-refractivity contribution in [2.75, 3.05) is 0 Å². The lowest BCUT2D eigenvalue weighted by molar-refractivity contribution is 0.229. The van der Waals surface area contributed by atoms with E-state index in [1.54, 1.807) is 6.20 Å². The third-order valence-corrected chi connectivity index (χ3v) is 1.40. The van der Waals surface area contributed by atoms with Crippen molar-refractivity contribution in [2.24, 2.45) is 0 Å². The van der Waals surface area contributed by atoms with E-state index in [4.69, 9.17) is 4.84 Å². The second-order valence-electron chi connectivity index (χ2n) is 2.05. The Morgan fingerprint density at radius 2 is 2.20 bits per heavy atom. The van der Waals surface area contributed by atoms with Crippen LogP contribution in [0.4, 0.5) is 0 Å². The molecule has 2 nitrogen and oxygen atoms in total. The lowest BCUT2D eigenvalue weighted by atomic mass is 10.2. The van der Waals surface area contributed by atoms with Gasteiger partial charge in [0.2, 0.25) is 6.26 Å². The van der Waals surface area contributed by atoms with Crippen LogP contribution in [-0.4, -0.2) is 0 Å². The number of fused-ring (bicyclic) bond motifs is 1. The van der Waals surface area contributed by atoms with Gasteiger partial charge in [0, 0.05) is 16.6 Å². The molecule has 1 N–H and O–H groups in total. The molecule has 0 atom stereocenters. The molecule has 2 heteroatoms. The van der Waals surface area contributed by atoms with Crippen LogP contribution in [0.3, 0.4) is 0 Å². The topological polar surface area (TPSA) is 21.3 Å². The lowest BCUT2D eigenvalue weighted by Gasteiger charge is -2.00. The van der Waals surface area contributed by atoms with Crippen molar-refractivity contribution in [3.63, 3.8) is 0 Å². The first-order valence-corrected chi connectivity index (χ1v) is 3.06. The van der Waals surface area contributed by atoms with Gasteiger partial charge in [-0.3, -0.25) is 0 Å². The molecule has 1 radical (unpaired) electrons. The number of nitrogens with one attached hydrogen (secondary N) is 1. The Morgan fingerprint density at radius 1 is 1.30 bits per heavy atom. The van der Waals surface area contributed by atoms with Gasteiger partial charge in [-0.15, -0.1) is 0 Å². The Labute approximate surface area is 58.4 Å². The van der Waals surface area contributed by atoms with Crippen LogP contribution in [0.15, 0.2) is 24.3 Å². The number of hydrogen-bond acceptors (Lipinski definition) is 2. The van der Waals surface area contributed by atoms with Crippen LogP contribution >= 0.6 is 0 Å². The first-order valence-electron chi connectivity index (χ1n) is 3.06. The molecular weight excluding hydrogens is 126 g/mol. The van der Waals surface area contributed by atoms with Crippen LogP contribution in [0.1, 0.15) is 0 Å². The molecule has 0 unspecified atom stereocenters. The second-order valence-corrected chi connectivity index (χ2v) is 2.05. The molecule has 0 spiro atoms. The molecule has 1 aromatic rings. The van der Waals surface area contributed by atoms with Crippen molar-refractivity contribution < 1.29 is 4.84 Å². The average molecular weight is 132 g/mol. The van der Waals surface area contributed by atoms with E-state index in [0.717, 1.165) is 10.4 Å². The van der Waals surface area contributed by atoms with Gasteiger partial charge in [0.05, 0.1) is 0 Å². The largest absolute Gasteiger partial charge is 0.378 e. The highest BCUT2D eigenvalue weighted by Crippen LogP contribution is 1.76. The fourth-order valence-corrected chi connectivity index (χ4v) is 0.893. The highest BCUT2D eigenvalue weighted by Gasteiger charge is 1.89. The van der Waals surface area contributed by atoms with Gasteiger partial charge < -0.3 is 4.84 Å². The molecule has 1 heterocycles. The quantitative estimate of drug-likeness (QED) is 0.517. The zero-order valence-electron chi connectivity index (χ0n) is 5.29. The molecule has 1 aliphatic rings. The average Bonchev–Trinajstić information content (AvgIpc) is 2.05. The molecule has 10 heavy (non-hydrogen) atoms. The standard InChI is InChI=1S/C8H6NO/c1-2-4-8-6-10-9-5-7(8)3-1/h1-5,9H. The number of rotatable bonds is 0. The predicted molar refractivity (Wildman–Crippen MR) is 37.8 cm³/mol. The molecule has 2 rings (SSSR count). The molecule has 0 aliphatic carbocycles. The van der Waals surface area contributed by atoms with E-state index in [1.807, 2.05) is 24.3 Å². The molecule has 0 saturated carbocycles. The van der Waals surface area contributed by atoms with E-state index in [9.17, 15) is 0 Å². The zero-order chi connectivity index (χ0) is 6.81.